The van der Waals surface area contributed by atoms with Gasteiger partial charge in [-0.05, 0) is 32.0 Å². The lowest BCUT2D eigenvalue weighted by atomic mass is 9.91. The molecular formula is C19H18O6. The number of carbonyl (C=O) groups excluding carboxylic acids is 3. The zero-order valence-corrected chi connectivity index (χ0v) is 14.3. The first-order chi connectivity index (χ1) is 11.9. The van der Waals surface area contributed by atoms with E-state index in [9.17, 15) is 14.4 Å². The van der Waals surface area contributed by atoms with E-state index in [0.717, 1.165) is 0 Å². The molecule has 0 atom stereocenters. The van der Waals surface area contributed by atoms with E-state index in [1.807, 2.05) is 0 Å². The average Bonchev–Trinajstić information content (AvgIpc) is 2.98. The number of methoxy groups -OCH3 is 1. The second-order valence-corrected chi connectivity index (χ2v) is 6.35. The Morgan fingerprint density at radius 1 is 1.28 bits per heavy atom. The minimum atomic E-state index is -0.903. The van der Waals surface area contributed by atoms with E-state index in [-0.39, 0.29) is 5.78 Å². The fourth-order valence-electron chi connectivity index (χ4n) is 2.88. The molecule has 0 N–H and O–H groups in total. The third kappa shape index (κ3) is 3.07. The summed E-state index contributed by atoms with van der Waals surface area (Å²) in [6.45, 7) is 3.51. The van der Waals surface area contributed by atoms with E-state index in [1.165, 1.54) is 13.2 Å². The van der Waals surface area contributed by atoms with Gasteiger partial charge in [-0.1, -0.05) is 0 Å². The molecule has 0 amide bonds. The maximum Gasteiger partial charge on any atom is 0.337 e. The summed E-state index contributed by atoms with van der Waals surface area (Å²) in [5.74, 6) is 0.760. The molecule has 1 aromatic rings. The van der Waals surface area contributed by atoms with E-state index >= 15 is 0 Å². The Morgan fingerprint density at radius 2 is 2.04 bits per heavy atom. The van der Waals surface area contributed by atoms with Crippen LogP contribution in [-0.4, -0.2) is 30.7 Å². The normalized spacial score (nSPS) is 18.2. The van der Waals surface area contributed by atoms with Gasteiger partial charge < -0.3 is 14.2 Å². The van der Waals surface area contributed by atoms with Crippen LogP contribution in [0.2, 0.25) is 0 Å². The topological polar surface area (TPSA) is 78.9 Å². The fourth-order valence-corrected chi connectivity index (χ4v) is 2.88. The molecule has 0 saturated carbocycles. The number of hydrogen-bond acceptors (Lipinski definition) is 6. The summed E-state index contributed by atoms with van der Waals surface area (Å²) in [5, 5.41) is 0. The Hall–Kier alpha value is -2.89. The third-order valence-corrected chi connectivity index (χ3v) is 4.19. The zero-order valence-electron chi connectivity index (χ0n) is 14.3. The van der Waals surface area contributed by atoms with E-state index < -0.39 is 11.6 Å². The van der Waals surface area contributed by atoms with Crippen molar-refractivity contribution in [3.63, 3.8) is 0 Å². The van der Waals surface area contributed by atoms with Gasteiger partial charge in [0.05, 0.1) is 23.8 Å². The van der Waals surface area contributed by atoms with Crippen molar-refractivity contribution in [2.75, 3.05) is 7.11 Å². The van der Waals surface area contributed by atoms with Crippen LogP contribution in [0.1, 0.15) is 42.6 Å². The van der Waals surface area contributed by atoms with Crippen molar-refractivity contribution in [1.29, 1.82) is 0 Å². The van der Waals surface area contributed by atoms with Crippen LogP contribution < -0.4 is 4.74 Å². The first-order valence-electron chi connectivity index (χ1n) is 7.88. The fraction of sp³-hybridized carbons (Fsp3) is 0.316. The predicted molar refractivity (Wildman–Crippen MR) is 88.9 cm³/mol. The molecule has 1 aliphatic carbocycles. The number of ether oxygens (including phenoxy) is 3. The Kier molecular flexibility index (Phi) is 4.20. The summed E-state index contributed by atoms with van der Waals surface area (Å²) in [5.41, 5.74) is 0.194. The molecule has 0 aromatic heterocycles. The maximum absolute atomic E-state index is 11.8. The van der Waals surface area contributed by atoms with Crippen molar-refractivity contribution in [1.82, 2.24) is 0 Å². The number of fused-ring (bicyclic) bond motifs is 1. The van der Waals surface area contributed by atoms with Crippen molar-refractivity contribution in [3.8, 4) is 5.75 Å². The van der Waals surface area contributed by atoms with Gasteiger partial charge in [0.2, 0.25) is 0 Å². The summed E-state index contributed by atoms with van der Waals surface area (Å²) in [6.07, 6.45) is 2.97. The molecule has 6 heteroatoms. The Morgan fingerprint density at radius 3 is 2.64 bits per heavy atom. The van der Waals surface area contributed by atoms with Crippen LogP contribution in [0.3, 0.4) is 0 Å². The molecule has 0 radical (unpaired) electrons. The SMILES string of the molecule is COC(=O)c1ccc2c(c1)C(OC1=CC(=O)CC1)=C(C=O)C(C)(C)O2. The standard InChI is InChI=1S/C19H18O6/c1-19(2)15(10-20)17(24-13-6-5-12(21)9-13)14-8-11(18(22)23-3)4-7-16(14)25-19/h4,7-10H,5-6H2,1-3H3. The molecule has 1 aromatic carbocycles. The highest BCUT2D eigenvalue weighted by Crippen LogP contribution is 2.42. The van der Waals surface area contributed by atoms with Gasteiger partial charge in [0, 0.05) is 18.9 Å². The molecule has 2 aliphatic rings. The number of rotatable bonds is 4. The van der Waals surface area contributed by atoms with Gasteiger partial charge in [-0.3, -0.25) is 9.59 Å². The molecule has 3 rings (SSSR count). The van der Waals surface area contributed by atoms with Crippen molar-refractivity contribution in [2.24, 2.45) is 0 Å². The van der Waals surface area contributed by atoms with Gasteiger partial charge in [-0.2, -0.15) is 0 Å². The largest absolute Gasteiger partial charge is 0.482 e. The molecule has 1 heterocycles. The molecule has 6 nitrogen and oxygen atoms in total. The van der Waals surface area contributed by atoms with Gasteiger partial charge in [-0.15, -0.1) is 0 Å². The van der Waals surface area contributed by atoms with Crippen LogP contribution in [-0.2, 0) is 19.1 Å². The zero-order chi connectivity index (χ0) is 18.2. The molecule has 130 valence electrons. The Labute approximate surface area is 145 Å². The Balaban J connectivity index is 2.14. The van der Waals surface area contributed by atoms with Crippen LogP contribution in [0.4, 0.5) is 0 Å². The van der Waals surface area contributed by atoms with Gasteiger partial charge in [0.1, 0.15) is 22.9 Å². The number of benzene rings is 1. The average molecular weight is 342 g/mol. The molecule has 25 heavy (non-hydrogen) atoms. The highest BCUT2D eigenvalue weighted by atomic mass is 16.5. The number of allylic oxidation sites excluding steroid dienone is 2. The first-order valence-corrected chi connectivity index (χ1v) is 7.88. The molecule has 0 saturated heterocycles. The second-order valence-electron chi connectivity index (χ2n) is 6.35. The maximum atomic E-state index is 11.8. The van der Waals surface area contributed by atoms with Crippen LogP contribution in [0.15, 0.2) is 35.6 Å². The molecule has 0 spiro atoms. The van der Waals surface area contributed by atoms with Crippen molar-refractivity contribution in [2.45, 2.75) is 32.3 Å². The highest BCUT2D eigenvalue weighted by molar-refractivity contribution is 5.96. The molecule has 1 aliphatic heterocycles. The quantitative estimate of drug-likeness (QED) is 0.618. The highest BCUT2D eigenvalue weighted by Gasteiger charge is 2.37. The van der Waals surface area contributed by atoms with Crippen molar-refractivity contribution >= 4 is 23.8 Å². The van der Waals surface area contributed by atoms with Gasteiger partial charge >= 0.3 is 5.97 Å². The predicted octanol–water partition coefficient (Wildman–Crippen LogP) is 2.82. The third-order valence-electron chi connectivity index (χ3n) is 4.19. The lowest BCUT2D eigenvalue weighted by molar-refractivity contribution is -0.114. The summed E-state index contributed by atoms with van der Waals surface area (Å²) in [4.78, 5) is 35.0. The number of hydrogen-bond donors (Lipinski definition) is 0. The van der Waals surface area contributed by atoms with Crippen molar-refractivity contribution < 1.29 is 28.6 Å². The van der Waals surface area contributed by atoms with Gasteiger partial charge in [0.25, 0.3) is 0 Å². The van der Waals surface area contributed by atoms with E-state index in [0.29, 0.717) is 53.1 Å². The van der Waals surface area contributed by atoms with Crippen LogP contribution >= 0.6 is 0 Å². The van der Waals surface area contributed by atoms with Crippen molar-refractivity contribution in [3.05, 3.63) is 46.7 Å². The lowest BCUT2D eigenvalue weighted by Gasteiger charge is -2.34. The first kappa shape index (κ1) is 17.0. The van der Waals surface area contributed by atoms with Gasteiger partial charge in [0.15, 0.2) is 12.1 Å². The van der Waals surface area contributed by atoms with Crippen LogP contribution in [0.25, 0.3) is 5.76 Å². The minimum absolute atomic E-state index is 0.0156. The summed E-state index contributed by atoms with van der Waals surface area (Å²) in [7, 11) is 1.29. The van der Waals surface area contributed by atoms with E-state index in [1.54, 1.807) is 32.0 Å². The van der Waals surface area contributed by atoms with E-state index in [4.69, 9.17) is 14.2 Å². The molecule has 0 bridgehead atoms. The van der Waals surface area contributed by atoms with Gasteiger partial charge in [-0.25, -0.2) is 4.79 Å². The monoisotopic (exact) mass is 342 g/mol. The number of carbonyl (C=O) groups is 3. The molecule has 0 fully saturated rings. The minimum Gasteiger partial charge on any atom is -0.482 e. The lowest BCUT2D eigenvalue weighted by Crippen LogP contribution is -2.36. The Bertz CT molecular complexity index is 828. The van der Waals surface area contributed by atoms with E-state index in [2.05, 4.69) is 0 Å². The second kappa shape index (κ2) is 6.20. The summed E-state index contributed by atoms with van der Waals surface area (Å²) in [6, 6.07) is 4.79. The smallest absolute Gasteiger partial charge is 0.337 e. The number of ketones is 1. The number of esters is 1. The number of aldehydes is 1. The van der Waals surface area contributed by atoms with Crippen LogP contribution in [0.5, 0.6) is 5.75 Å². The summed E-state index contributed by atoms with van der Waals surface area (Å²) >= 11 is 0. The molecular weight excluding hydrogens is 324 g/mol. The molecule has 0 unspecified atom stereocenters. The van der Waals surface area contributed by atoms with Crippen LogP contribution in [0, 0.1) is 0 Å². The summed E-state index contributed by atoms with van der Waals surface area (Å²) < 4.78 is 16.6.